The van der Waals surface area contributed by atoms with E-state index in [0.717, 1.165) is 4.70 Å². The standard InChI is InChI=1S/C16H13N3O4S/c1-18-13-9-11(19(21)22)7-8-14(13)24-16(18)17-15(20)10-23-12-5-3-2-4-6-12/h2-9H,10H2,1H3. The highest BCUT2D eigenvalue weighted by molar-refractivity contribution is 7.16. The summed E-state index contributed by atoms with van der Waals surface area (Å²) >= 11 is 1.29. The first-order valence-corrected chi connectivity index (χ1v) is 7.85. The van der Waals surface area contributed by atoms with E-state index in [1.54, 1.807) is 29.8 Å². The van der Waals surface area contributed by atoms with Gasteiger partial charge in [-0.1, -0.05) is 29.5 Å². The summed E-state index contributed by atoms with van der Waals surface area (Å²) in [5.74, 6) is 0.174. The average molecular weight is 343 g/mol. The maximum atomic E-state index is 12.0. The maximum Gasteiger partial charge on any atom is 0.286 e. The summed E-state index contributed by atoms with van der Waals surface area (Å²) in [6.45, 7) is -0.168. The van der Waals surface area contributed by atoms with Gasteiger partial charge in [0.1, 0.15) is 5.75 Å². The van der Waals surface area contributed by atoms with E-state index in [0.29, 0.717) is 16.1 Å². The van der Waals surface area contributed by atoms with Crippen LogP contribution in [0, 0.1) is 10.1 Å². The summed E-state index contributed by atoms with van der Waals surface area (Å²) in [5, 5.41) is 10.9. The van der Waals surface area contributed by atoms with Crippen molar-refractivity contribution in [1.82, 2.24) is 4.57 Å². The summed E-state index contributed by atoms with van der Waals surface area (Å²) in [5.41, 5.74) is 0.658. The number of fused-ring (bicyclic) bond motifs is 1. The van der Waals surface area contributed by atoms with E-state index >= 15 is 0 Å². The summed E-state index contributed by atoms with van der Waals surface area (Å²) < 4.78 is 7.85. The molecule has 8 heteroatoms. The number of carbonyl (C=O) groups is 1. The summed E-state index contributed by atoms with van der Waals surface area (Å²) in [7, 11) is 1.72. The maximum absolute atomic E-state index is 12.0. The second-order valence-electron chi connectivity index (χ2n) is 4.96. The number of nitro groups is 1. The minimum Gasteiger partial charge on any atom is -0.484 e. The molecule has 3 rings (SSSR count). The third-order valence-electron chi connectivity index (χ3n) is 3.33. The number of rotatable bonds is 4. The van der Waals surface area contributed by atoms with Crippen LogP contribution >= 0.6 is 11.3 Å². The number of para-hydroxylation sites is 1. The largest absolute Gasteiger partial charge is 0.484 e. The molecule has 0 aliphatic heterocycles. The Kier molecular flexibility index (Phi) is 4.39. The van der Waals surface area contributed by atoms with Crippen LogP contribution in [0.3, 0.4) is 0 Å². The predicted molar refractivity (Wildman–Crippen MR) is 90.0 cm³/mol. The number of nitro benzene ring substituents is 1. The molecule has 7 nitrogen and oxygen atoms in total. The highest BCUT2D eigenvalue weighted by Gasteiger charge is 2.11. The van der Waals surface area contributed by atoms with E-state index in [1.165, 1.54) is 23.5 Å². The Morgan fingerprint density at radius 1 is 1.29 bits per heavy atom. The van der Waals surface area contributed by atoms with Crippen molar-refractivity contribution >= 4 is 33.1 Å². The third kappa shape index (κ3) is 3.33. The van der Waals surface area contributed by atoms with Gasteiger partial charge >= 0.3 is 0 Å². The number of benzene rings is 2. The van der Waals surface area contributed by atoms with Gasteiger partial charge in [-0.2, -0.15) is 4.99 Å². The van der Waals surface area contributed by atoms with Crippen LogP contribution in [0.25, 0.3) is 10.2 Å². The van der Waals surface area contributed by atoms with E-state index in [2.05, 4.69) is 4.99 Å². The lowest BCUT2D eigenvalue weighted by Gasteiger charge is -2.01. The Hall–Kier alpha value is -3.00. The van der Waals surface area contributed by atoms with Gasteiger partial charge in [-0.25, -0.2) is 0 Å². The lowest BCUT2D eigenvalue weighted by molar-refractivity contribution is -0.384. The van der Waals surface area contributed by atoms with Crippen molar-refractivity contribution in [2.75, 3.05) is 6.61 Å². The zero-order chi connectivity index (χ0) is 17.1. The minimum atomic E-state index is -0.452. The van der Waals surface area contributed by atoms with Crippen molar-refractivity contribution in [2.24, 2.45) is 12.0 Å². The van der Waals surface area contributed by atoms with Crippen LogP contribution in [0.5, 0.6) is 5.75 Å². The number of non-ortho nitro benzene ring substituents is 1. The number of thiazole rings is 1. The monoisotopic (exact) mass is 343 g/mol. The molecule has 0 aliphatic rings. The molecular weight excluding hydrogens is 330 g/mol. The fraction of sp³-hybridized carbons (Fsp3) is 0.125. The van der Waals surface area contributed by atoms with Crippen LogP contribution in [0.2, 0.25) is 0 Å². The molecule has 24 heavy (non-hydrogen) atoms. The van der Waals surface area contributed by atoms with Gasteiger partial charge in [0.15, 0.2) is 11.4 Å². The first kappa shape index (κ1) is 15.9. The van der Waals surface area contributed by atoms with E-state index in [-0.39, 0.29) is 12.3 Å². The van der Waals surface area contributed by atoms with Gasteiger partial charge in [-0.15, -0.1) is 0 Å². The van der Waals surface area contributed by atoms with Crippen molar-refractivity contribution in [3.63, 3.8) is 0 Å². The highest BCUT2D eigenvalue weighted by Crippen LogP contribution is 2.22. The normalized spacial score (nSPS) is 11.6. The Morgan fingerprint density at radius 2 is 2.04 bits per heavy atom. The highest BCUT2D eigenvalue weighted by atomic mass is 32.1. The number of hydrogen-bond acceptors (Lipinski definition) is 5. The number of aromatic nitrogens is 1. The van der Waals surface area contributed by atoms with Gasteiger partial charge in [0, 0.05) is 19.2 Å². The average Bonchev–Trinajstić information content (AvgIpc) is 2.89. The molecule has 3 aromatic rings. The lowest BCUT2D eigenvalue weighted by Crippen LogP contribution is -2.17. The van der Waals surface area contributed by atoms with Crippen molar-refractivity contribution in [3.05, 3.63) is 63.4 Å². The molecule has 1 heterocycles. The van der Waals surface area contributed by atoms with Crippen molar-refractivity contribution in [3.8, 4) is 5.75 Å². The van der Waals surface area contributed by atoms with Crippen LogP contribution in [0.1, 0.15) is 0 Å². The van der Waals surface area contributed by atoms with Gasteiger partial charge in [0.25, 0.3) is 11.6 Å². The Balaban J connectivity index is 1.85. The predicted octanol–water partition coefficient (Wildman–Crippen LogP) is 2.65. The summed E-state index contributed by atoms with van der Waals surface area (Å²) in [6, 6.07) is 13.6. The number of hydrogen-bond donors (Lipinski definition) is 0. The van der Waals surface area contributed by atoms with Crippen molar-refractivity contribution < 1.29 is 14.5 Å². The van der Waals surface area contributed by atoms with E-state index in [1.807, 2.05) is 18.2 Å². The SMILES string of the molecule is Cn1c(=NC(=O)COc2ccccc2)sc2ccc([N+](=O)[O-])cc21. The second-order valence-corrected chi connectivity index (χ2v) is 5.97. The van der Waals surface area contributed by atoms with E-state index in [9.17, 15) is 14.9 Å². The van der Waals surface area contributed by atoms with E-state index in [4.69, 9.17) is 4.74 Å². The number of carbonyl (C=O) groups excluding carboxylic acids is 1. The molecule has 0 atom stereocenters. The fourth-order valence-corrected chi connectivity index (χ4v) is 3.15. The molecule has 0 fully saturated rings. The molecule has 2 aromatic carbocycles. The van der Waals surface area contributed by atoms with Crippen LogP contribution in [0.4, 0.5) is 5.69 Å². The zero-order valence-corrected chi connectivity index (χ0v) is 13.5. The molecule has 1 amide bonds. The molecule has 0 spiro atoms. The van der Waals surface area contributed by atoms with Crippen LogP contribution < -0.4 is 9.54 Å². The third-order valence-corrected chi connectivity index (χ3v) is 4.44. The summed E-state index contributed by atoms with van der Waals surface area (Å²) in [4.78, 5) is 26.9. The molecule has 1 aromatic heterocycles. The molecule has 0 saturated heterocycles. The van der Waals surface area contributed by atoms with Gasteiger partial charge in [0.05, 0.1) is 15.1 Å². The first-order valence-electron chi connectivity index (χ1n) is 7.04. The topological polar surface area (TPSA) is 86.7 Å². The molecule has 0 saturated carbocycles. The zero-order valence-electron chi connectivity index (χ0n) is 12.7. The number of aryl methyl sites for hydroxylation is 1. The van der Waals surface area contributed by atoms with Crippen molar-refractivity contribution in [2.45, 2.75) is 0 Å². The van der Waals surface area contributed by atoms with Gasteiger partial charge in [-0.3, -0.25) is 14.9 Å². The Bertz CT molecular complexity index is 976. The molecular formula is C16H13N3O4S. The quantitative estimate of drug-likeness (QED) is 0.538. The molecule has 0 aliphatic carbocycles. The molecule has 0 unspecified atom stereocenters. The Morgan fingerprint density at radius 3 is 2.75 bits per heavy atom. The second kappa shape index (κ2) is 6.63. The summed E-state index contributed by atoms with van der Waals surface area (Å²) in [6.07, 6.45) is 0. The van der Waals surface area contributed by atoms with Crippen molar-refractivity contribution in [1.29, 1.82) is 0 Å². The lowest BCUT2D eigenvalue weighted by atomic mass is 10.3. The number of nitrogens with zero attached hydrogens (tertiary/aromatic N) is 3. The smallest absolute Gasteiger partial charge is 0.286 e. The molecule has 0 N–H and O–H groups in total. The Labute approximate surface area is 140 Å². The fourth-order valence-electron chi connectivity index (χ4n) is 2.14. The van der Waals surface area contributed by atoms with Crippen LogP contribution in [-0.2, 0) is 11.8 Å². The van der Waals surface area contributed by atoms with Gasteiger partial charge in [0.2, 0.25) is 0 Å². The number of amides is 1. The van der Waals surface area contributed by atoms with Gasteiger partial charge in [-0.05, 0) is 18.2 Å². The molecule has 0 radical (unpaired) electrons. The van der Waals surface area contributed by atoms with Crippen LogP contribution in [0.15, 0.2) is 53.5 Å². The molecule has 122 valence electrons. The first-order chi connectivity index (χ1) is 11.5. The molecule has 0 bridgehead atoms. The van der Waals surface area contributed by atoms with E-state index < -0.39 is 10.8 Å². The van der Waals surface area contributed by atoms with Gasteiger partial charge < -0.3 is 9.30 Å². The number of ether oxygens (including phenoxy) is 1. The van der Waals surface area contributed by atoms with Crippen LogP contribution in [-0.4, -0.2) is 22.0 Å². The minimum absolute atomic E-state index is 0.00110.